The number of oxime groups is 1. The first kappa shape index (κ1) is 15.4. The van der Waals surface area contributed by atoms with Crippen molar-refractivity contribution in [2.24, 2.45) is 5.16 Å². The van der Waals surface area contributed by atoms with Gasteiger partial charge in [-0.2, -0.15) is 0 Å². The largest absolute Gasteiger partial charge is 0.368 e. The summed E-state index contributed by atoms with van der Waals surface area (Å²) in [7, 11) is 0. The minimum absolute atomic E-state index is 0.157. The van der Waals surface area contributed by atoms with E-state index in [4.69, 9.17) is 16.4 Å². The predicted molar refractivity (Wildman–Crippen MR) is 84.6 cm³/mol. The molecule has 5 nitrogen and oxygen atoms in total. The molecule has 1 amide bonds. The van der Waals surface area contributed by atoms with Crippen LogP contribution in [0.3, 0.4) is 0 Å². The van der Waals surface area contributed by atoms with Crippen molar-refractivity contribution in [2.45, 2.75) is 6.92 Å². The molecule has 0 spiro atoms. The van der Waals surface area contributed by atoms with Gasteiger partial charge in [-0.25, -0.2) is 0 Å². The summed E-state index contributed by atoms with van der Waals surface area (Å²) in [5, 5.41) is 4.02. The zero-order valence-corrected chi connectivity index (χ0v) is 12.7. The van der Waals surface area contributed by atoms with Crippen molar-refractivity contribution in [3.05, 3.63) is 41.1 Å². The maximum Gasteiger partial charge on any atom is 0.292 e. The number of carbonyl (C=O) groups is 1. The average molecular weight is 308 g/mol. The van der Waals surface area contributed by atoms with Crippen LogP contribution in [0.25, 0.3) is 0 Å². The van der Waals surface area contributed by atoms with Gasteiger partial charge in [0.1, 0.15) is 0 Å². The van der Waals surface area contributed by atoms with Crippen molar-refractivity contribution in [3.63, 3.8) is 0 Å². The summed E-state index contributed by atoms with van der Waals surface area (Å²) in [6.07, 6.45) is 1.60. The fourth-order valence-corrected chi connectivity index (χ4v) is 2.47. The SMILES string of the molecule is C=NO/C(=C\C)C(=O)N1CCN(c2cccc(Cl)c2)CC1. The zero-order valence-electron chi connectivity index (χ0n) is 12.0. The number of halogens is 1. The summed E-state index contributed by atoms with van der Waals surface area (Å²) in [5.41, 5.74) is 1.07. The van der Waals surface area contributed by atoms with Gasteiger partial charge in [-0.3, -0.25) is 4.79 Å². The molecule has 1 aliphatic rings. The molecule has 0 aliphatic carbocycles. The molecule has 21 heavy (non-hydrogen) atoms. The Morgan fingerprint density at radius 1 is 1.38 bits per heavy atom. The highest BCUT2D eigenvalue weighted by Crippen LogP contribution is 2.21. The second kappa shape index (κ2) is 7.13. The quantitative estimate of drug-likeness (QED) is 0.372. The first-order valence-electron chi connectivity index (χ1n) is 6.75. The molecule has 112 valence electrons. The number of carbonyl (C=O) groups excluding carboxylic acids is 1. The van der Waals surface area contributed by atoms with Crippen molar-refractivity contribution in [2.75, 3.05) is 31.1 Å². The highest BCUT2D eigenvalue weighted by atomic mass is 35.5. The number of hydrogen-bond donors (Lipinski definition) is 0. The highest BCUT2D eigenvalue weighted by molar-refractivity contribution is 6.30. The van der Waals surface area contributed by atoms with E-state index in [-0.39, 0.29) is 11.7 Å². The van der Waals surface area contributed by atoms with Crippen LogP contribution in [0, 0.1) is 0 Å². The van der Waals surface area contributed by atoms with Crippen molar-refractivity contribution in [1.29, 1.82) is 0 Å². The average Bonchev–Trinajstić information content (AvgIpc) is 2.52. The fourth-order valence-electron chi connectivity index (χ4n) is 2.28. The Balaban J connectivity index is 1.97. The maximum absolute atomic E-state index is 12.2. The molecule has 1 aliphatic heterocycles. The van der Waals surface area contributed by atoms with Crippen molar-refractivity contribution in [1.82, 2.24) is 4.90 Å². The lowest BCUT2D eigenvalue weighted by Crippen LogP contribution is -2.49. The Bertz CT molecular complexity index is 552. The Morgan fingerprint density at radius 3 is 2.67 bits per heavy atom. The third-order valence-electron chi connectivity index (χ3n) is 3.38. The molecular formula is C15H18ClN3O2. The number of piperazine rings is 1. The molecule has 0 atom stereocenters. The van der Waals surface area contributed by atoms with Crippen LogP contribution in [0.2, 0.25) is 5.02 Å². The lowest BCUT2D eigenvalue weighted by Gasteiger charge is -2.36. The first-order chi connectivity index (χ1) is 10.2. The van der Waals surface area contributed by atoms with E-state index < -0.39 is 0 Å². The zero-order chi connectivity index (χ0) is 15.2. The standard InChI is InChI=1S/C15H18ClN3O2/c1-3-14(21-17-2)15(20)19-9-7-18(8-10-19)13-6-4-5-12(16)11-13/h3-6,11H,2,7-10H2,1H3/b14-3-. The van der Waals surface area contributed by atoms with Crippen molar-refractivity contribution < 1.29 is 9.63 Å². The third kappa shape index (κ3) is 3.76. The van der Waals surface area contributed by atoms with Gasteiger partial charge in [0.15, 0.2) is 0 Å². The Morgan fingerprint density at radius 2 is 2.10 bits per heavy atom. The van der Waals surface area contributed by atoms with Crippen LogP contribution in [-0.4, -0.2) is 43.7 Å². The van der Waals surface area contributed by atoms with Gasteiger partial charge < -0.3 is 14.6 Å². The number of anilines is 1. The maximum atomic E-state index is 12.2. The number of hydrogen-bond acceptors (Lipinski definition) is 4. The molecule has 0 N–H and O–H groups in total. The molecule has 1 aromatic carbocycles. The van der Waals surface area contributed by atoms with Gasteiger partial charge in [0.05, 0.1) is 0 Å². The molecule has 0 aromatic heterocycles. The first-order valence-corrected chi connectivity index (χ1v) is 7.12. The minimum Gasteiger partial charge on any atom is -0.368 e. The van der Waals surface area contributed by atoms with E-state index in [1.165, 1.54) is 0 Å². The van der Waals surface area contributed by atoms with E-state index in [0.717, 1.165) is 18.8 Å². The predicted octanol–water partition coefficient (Wildman–Crippen LogP) is 2.52. The van der Waals surface area contributed by atoms with E-state index in [0.29, 0.717) is 18.1 Å². The topological polar surface area (TPSA) is 45.1 Å². The number of allylic oxidation sites excluding steroid dienone is 1. The fraction of sp³-hybridized carbons (Fsp3) is 0.333. The van der Waals surface area contributed by atoms with Crippen LogP contribution in [0.1, 0.15) is 6.92 Å². The monoisotopic (exact) mass is 307 g/mol. The molecule has 1 aromatic rings. The van der Waals surface area contributed by atoms with Gasteiger partial charge >= 0.3 is 0 Å². The molecule has 0 unspecified atom stereocenters. The Kier molecular flexibility index (Phi) is 5.22. The molecule has 0 radical (unpaired) electrons. The van der Waals surface area contributed by atoms with Crippen molar-refractivity contribution >= 4 is 29.9 Å². The summed E-state index contributed by atoms with van der Waals surface area (Å²) in [4.78, 5) is 21.1. The molecule has 0 saturated carbocycles. The number of amides is 1. The molecule has 1 heterocycles. The van der Waals surface area contributed by atoms with Crippen molar-refractivity contribution in [3.8, 4) is 0 Å². The Hall–Kier alpha value is -2.01. The number of rotatable bonds is 4. The van der Waals surface area contributed by atoms with Crippen LogP contribution < -0.4 is 4.90 Å². The minimum atomic E-state index is -0.157. The summed E-state index contributed by atoms with van der Waals surface area (Å²) in [6, 6.07) is 7.73. The second-order valence-electron chi connectivity index (χ2n) is 4.63. The van der Waals surface area contributed by atoms with Crippen LogP contribution in [0.4, 0.5) is 5.69 Å². The van der Waals surface area contributed by atoms with Crippen LogP contribution in [-0.2, 0) is 9.63 Å². The number of benzene rings is 1. The molecular weight excluding hydrogens is 290 g/mol. The summed E-state index contributed by atoms with van der Waals surface area (Å²) in [6.45, 7) is 7.73. The van der Waals surface area contributed by atoms with Gasteiger partial charge in [0.2, 0.25) is 5.76 Å². The molecule has 2 rings (SSSR count). The van der Waals surface area contributed by atoms with E-state index >= 15 is 0 Å². The molecule has 1 fully saturated rings. The van der Waals surface area contributed by atoms with Gasteiger partial charge in [-0.05, 0) is 31.2 Å². The summed E-state index contributed by atoms with van der Waals surface area (Å²) >= 11 is 6.01. The molecule has 1 saturated heterocycles. The van der Waals surface area contributed by atoms with E-state index in [2.05, 4.69) is 16.8 Å². The van der Waals surface area contributed by atoms with Gasteiger partial charge in [0, 0.05) is 43.6 Å². The molecule has 6 heteroatoms. The third-order valence-corrected chi connectivity index (χ3v) is 3.61. The van der Waals surface area contributed by atoms with Gasteiger partial charge in [-0.15, -0.1) is 0 Å². The van der Waals surface area contributed by atoms with Crippen LogP contribution in [0.15, 0.2) is 41.3 Å². The smallest absolute Gasteiger partial charge is 0.292 e. The van der Waals surface area contributed by atoms with Crippen LogP contribution in [0.5, 0.6) is 0 Å². The highest BCUT2D eigenvalue weighted by Gasteiger charge is 2.24. The van der Waals surface area contributed by atoms with E-state index in [9.17, 15) is 4.79 Å². The Labute approximate surface area is 129 Å². The lowest BCUT2D eigenvalue weighted by molar-refractivity contribution is -0.131. The lowest BCUT2D eigenvalue weighted by atomic mass is 10.2. The van der Waals surface area contributed by atoms with Gasteiger partial charge in [-0.1, -0.05) is 22.8 Å². The van der Waals surface area contributed by atoms with E-state index in [1.807, 2.05) is 24.3 Å². The molecule has 0 bridgehead atoms. The van der Waals surface area contributed by atoms with E-state index in [1.54, 1.807) is 17.9 Å². The number of nitrogens with zero attached hydrogens (tertiary/aromatic N) is 3. The van der Waals surface area contributed by atoms with Crippen LogP contribution >= 0.6 is 11.6 Å². The normalized spacial score (nSPS) is 15.8. The van der Waals surface area contributed by atoms with Gasteiger partial charge in [0.25, 0.3) is 5.91 Å². The second-order valence-corrected chi connectivity index (χ2v) is 5.07. The summed E-state index contributed by atoms with van der Waals surface area (Å²) in [5.74, 6) is 0.0526. The summed E-state index contributed by atoms with van der Waals surface area (Å²) < 4.78 is 0.